The van der Waals surface area contributed by atoms with Crippen LogP contribution in [0.3, 0.4) is 0 Å². The van der Waals surface area contributed by atoms with Gasteiger partial charge >= 0.3 is 0 Å². The van der Waals surface area contributed by atoms with Crippen molar-refractivity contribution in [3.8, 4) is 0 Å². The van der Waals surface area contributed by atoms with E-state index in [1.807, 2.05) is 0 Å². The van der Waals surface area contributed by atoms with E-state index in [0.717, 1.165) is 11.8 Å². The number of hydrogen-bond donors (Lipinski definition) is 2. The number of aliphatic hydroxyl groups is 1. The van der Waals surface area contributed by atoms with E-state index < -0.39 is 0 Å². The van der Waals surface area contributed by atoms with E-state index in [9.17, 15) is 5.11 Å². The summed E-state index contributed by atoms with van der Waals surface area (Å²) >= 11 is 0. The first kappa shape index (κ1) is 13.3. The van der Waals surface area contributed by atoms with Crippen LogP contribution in [0.5, 0.6) is 0 Å². The zero-order valence-electron chi connectivity index (χ0n) is 11.0. The standard InChI is InChI=1S/C14H27NO2/c1-17-10-14(16)9-15-13-7-6-11-4-2-3-5-12(11)8-13/h11-16H,2-10H2,1H3. The fourth-order valence-corrected chi connectivity index (χ4v) is 3.61. The fourth-order valence-electron chi connectivity index (χ4n) is 3.61. The minimum Gasteiger partial charge on any atom is -0.389 e. The first-order chi connectivity index (χ1) is 8.29. The molecule has 100 valence electrons. The van der Waals surface area contributed by atoms with E-state index in [1.165, 1.54) is 44.9 Å². The smallest absolute Gasteiger partial charge is 0.0897 e. The molecule has 2 rings (SSSR count). The maximum absolute atomic E-state index is 9.62. The first-order valence-electron chi connectivity index (χ1n) is 7.20. The van der Waals surface area contributed by atoms with Crippen LogP contribution in [0.4, 0.5) is 0 Å². The molecule has 0 spiro atoms. The van der Waals surface area contributed by atoms with Crippen LogP contribution in [0, 0.1) is 11.8 Å². The average molecular weight is 241 g/mol. The Kier molecular flexibility index (Phi) is 5.26. The predicted octanol–water partition coefficient (Wildman–Crippen LogP) is 1.94. The van der Waals surface area contributed by atoms with Crippen LogP contribution in [0.25, 0.3) is 0 Å². The molecule has 2 aliphatic carbocycles. The Morgan fingerprint density at radius 3 is 2.71 bits per heavy atom. The monoisotopic (exact) mass is 241 g/mol. The average Bonchev–Trinajstić information content (AvgIpc) is 2.36. The summed E-state index contributed by atoms with van der Waals surface area (Å²) in [6.45, 7) is 1.11. The highest BCUT2D eigenvalue weighted by Gasteiger charge is 2.31. The van der Waals surface area contributed by atoms with E-state index >= 15 is 0 Å². The van der Waals surface area contributed by atoms with Crippen molar-refractivity contribution >= 4 is 0 Å². The van der Waals surface area contributed by atoms with Gasteiger partial charge in [-0.05, 0) is 31.1 Å². The summed E-state index contributed by atoms with van der Waals surface area (Å²) in [6.07, 6.45) is 9.43. The molecule has 0 amide bonds. The third-order valence-corrected chi connectivity index (χ3v) is 4.54. The lowest BCUT2D eigenvalue weighted by Gasteiger charge is -2.39. The van der Waals surface area contributed by atoms with Gasteiger partial charge in [-0.1, -0.05) is 25.7 Å². The van der Waals surface area contributed by atoms with E-state index in [-0.39, 0.29) is 6.10 Å². The molecule has 0 heterocycles. The molecule has 4 unspecified atom stereocenters. The van der Waals surface area contributed by atoms with Crippen LogP contribution >= 0.6 is 0 Å². The molecule has 2 fully saturated rings. The normalized spacial score (nSPS) is 35.3. The van der Waals surface area contributed by atoms with Gasteiger partial charge in [0, 0.05) is 19.7 Å². The Hall–Kier alpha value is -0.120. The van der Waals surface area contributed by atoms with Crippen molar-refractivity contribution in [2.45, 2.75) is 57.1 Å². The number of ether oxygens (including phenoxy) is 1. The number of aliphatic hydroxyl groups excluding tert-OH is 1. The Morgan fingerprint density at radius 2 is 1.94 bits per heavy atom. The van der Waals surface area contributed by atoms with Crippen LogP contribution < -0.4 is 5.32 Å². The van der Waals surface area contributed by atoms with Gasteiger partial charge in [-0.15, -0.1) is 0 Å². The van der Waals surface area contributed by atoms with Gasteiger partial charge in [0.15, 0.2) is 0 Å². The van der Waals surface area contributed by atoms with Gasteiger partial charge in [-0.3, -0.25) is 0 Å². The minimum absolute atomic E-state index is 0.357. The molecule has 3 heteroatoms. The lowest BCUT2D eigenvalue weighted by molar-refractivity contribution is 0.0580. The molecule has 0 aromatic rings. The fraction of sp³-hybridized carbons (Fsp3) is 1.00. The van der Waals surface area contributed by atoms with E-state index in [1.54, 1.807) is 7.11 Å². The summed E-state index contributed by atoms with van der Waals surface area (Å²) < 4.78 is 4.94. The Morgan fingerprint density at radius 1 is 1.18 bits per heavy atom. The summed E-state index contributed by atoms with van der Waals surface area (Å²) in [5.41, 5.74) is 0. The Balaban J connectivity index is 1.68. The molecule has 2 saturated carbocycles. The number of rotatable bonds is 5. The van der Waals surface area contributed by atoms with Crippen LogP contribution in [0.2, 0.25) is 0 Å². The molecule has 3 nitrogen and oxygen atoms in total. The number of hydrogen-bond acceptors (Lipinski definition) is 3. The largest absolute Gasteiger partial charge is 0.389 e. The molecule has 0 bridgehead atoms. The van der Waals surface area contributed by atoms with E-state index in [2.05, 4.69) is 5.32 Å². The minimum atomic E-state index is -0.357. The summed E-state index contributed by atoms with van der Waals surface area (Å²) in [4.78, 5) is 0. The predicted molar refractivity (Wildman–Crippen MR) is 69.0 cm³/mol. The second-order valence-corrected chi connectivity index (χ2v) is 5.83. The van der Waals surface area contributed by atoms with E-state index in [4.69, 9.17) is 4.74 Å². The molecule has 0 aliphatic heterocycles. The molecule has 2 N–H and O–H groups in total. The van der Waals surface area contributed by atoms with Gasteiger partial charge in [0.2, 0.25) is 0 Å². The second-order valence-electron chi connectivity index (χ2n) is 5.83. The number of nitrogens with one attached hydrogen (secondary N) is 1. The number of fused-ring (bicyclic) bond motifs is 1. The third-order valence-electron chi connectivity index (χ3n) is 4.54. The molecular weight excluding hydrogens is 214 g/mol. The van der Waals surface area contributed by atoms with Gasteiger partial charge in [0.05, 0.1) is 12.7 Å². The third kappa shape index (κ3) is 3.94. The van der Waals surface area contributed by atoms with Crippen molar-refractivity contribution < 1.29 is 9.84 Å². The van der Waals surface area contributed by atoms with Gasteiger partial charge in [-0.2, -0.15) is 0 Å². The summed E-state index contributed by atoms with van der Waals surface area (Å²) in [5, 5.41) is 13.1. The summed E-state index contributed by atoms with van der Waals surface area (Å²) in [5.74, 6) is 1.96. The van der Waals surface area contributed by atoms with Crippen molar-refractivity contribution in [1.82, 2.24) is 5.32 Å². The quantitative estimate of drug-likeness (QED) is 0.773. The Labute approximate surface area is 105 Å². The second kappa shape index (κ2) is 6.72. The molecule has 0 aromatic carbocycles. The van der Waals surface area contributed by atoms with Crippen LogP contribution in [0.1, 0.15) is 44.9 Å². The van der Waals surface area contributed by atoms with E-state index in [0.29, 0.717) is 19.2 Å². The maximum atomic E-state index is 9.62. The molecule has 0 radical (unpaired) electrons. The highest BCUT2D eigenvalue weighted by atomic mass is 16.5. The topological polar surface area (TPSA) is 41.5 Å². The lowest BCUT2D eigenvalue weighted by Crippen LogP contribution is -2.42. The molecule has 4 atom stereocenters. The molecule has 0 aromatic heterocycles. The Bertz CT molecular complexity index is 222. The molecule has 2 aliphatic rings. The van der Waals surface area contributed by atoms with Crippen LogP contribution in [-0.4, -0.2) is 37.5 Å². The summed E-state index contributed by atoms with van der Waals surface area (Å²) in [6, 6.07) is 0.626. The molecule has 17 heavy (non-hydrogen) atoms. The van der Waals surface area contributed by atoms with Crippen LogP contribution in [-0.2, 0) is 4.74 Å². The highest BCUT2D eigenvalue weighted by Crippen LogP contribution is 2.40. The van der Waals surface area contributed by atoms with Gasteiger partial charge < -0.3 is 15.2 Å². The summed E-state index contributed by atoms with van der Waals surface area (Å²) in [7, 11) is 1.64. The van der Waals surface area contributed by atoms with Crippen molar-refractivity contribution in [3.63, 3.8) is 0 Å². The molecule has 0 saturated heterocycles. The highest BCUT2D eigenvalue weighted by molar-refractivity contribution is 4.86. The first-order valence-corrected chi connectivity index (χ1v) is 7.20. The van der Waals surface area contributed by atoms with Crippen molar-refractivity contribution in [1.29, 1.82) is 0 Å². The number of methoxy groups -OCH3 is 1. The van der Waals surface area contributed by atoms with Gasteiger partial charge in [0.1, 0.15) is 0 Å². The zero-order valence-corrected chi connectivity index (χ0v) is 11.0. The lowest BCUT2D eigenvalue weighted by atomic mass is 9.69. The SMILES string of the molecule is COCC(O)CNC1CCC2CCCCC2C1. The van der Waals surface area contributed by atoms with Crippen molar-refractivity contribution in [3.05, 3.63) is 0 Å². The van der Waals surface area contributed by atoms with Gasteiger partial charge in [0.25, 0.3) is 0 Å². The van der Waals surface area contributed by atoms with Gasteiger partial charge in [-0.25, -0.2) is 0 Å². The maximum Gasteiger partial charge on any atom is 0.0897 e. The van der Waals surface area contributed by atoms with Crippen molar-refractivity contribution in [2.75, 3.05) is 20.3 Å². The molecular formula is C14H27NO2. The van der Waals surface area contributed by atoms with Crippen LogP contribution in [0.15, 0.2) is 0 Å². The zero-order chi connectivity index (χ0) is 12.1. The van der Waals surface area contributed by atoms with Crippen molar-refractivity contribution in [2.24, 2.45) is 11.8 Å².